The molecule has 4 atom stereocenters. The molecule has 1 aromatic carbocycles. The fourth-order valence-electron chi connectivity index (χ4n) is 4.26. The molecule has 25 heavy (non-hydrogen) atoms. The number of fused-ring (bicyclic) bond motifs is 1. The minimum Gasteiger partial charge on any atom is -0.387 e. The van der Waals surface area contributed by atoms with Gasteiger partial charge in [0.25, 0.3) is 0 Å². The fraction of sp³-hybridized carbons (Fsp3) is 0.571. The van der Waals surface area contributed by atoms with Crippen molar-refractivity contribution < 1.29 is 19.4 Å². The van der Waals surface area contributed by atoms with Crippen molar-refractivity contribution in [3.8, 4) is 0 Å². The van der Waals surface area contributed by atoms with Gasteiger partial charge in [0.2, 0.25) is 5.79 Å². The van der Waals surface area contributed by atoms with Crippen LogP contribution in [0.3, 0.4) is 0 Å². The van der Waals surface area contributed by atoms with Crippen molar-refractivity contribution in [3.63, 3.8) is 0 Å². The molecule has 0 radical (unpaired) electrons. The lowest BCUT2D eigenvalue weighted by atomic mass is 9.79. The van der Waals surface area contributed by atoms with Crippen LogP contribution < -0.4 is 0 Å². The maximum atomic E-state index is 13.2. The molecular weight excluding hydrogens is 316 g/mol. The number of ether oxygens (including phenoxy) is 2. The Balaban J connectivity index is 2.15. The van der Waals surface area contributed by atoms with Crippen LogP contribution in [0.1, 0.15) is 52.5 Å². The number of hydrogen-bond donors (Lipinski definition) is 1. The monoisotopic (exact) mass is 344 g/mol. The maximum Gasteiger partial charge on any atom is 0.234 e. The summed E-state index contributed by atoms with van der Waals surface area (Å²) in [5, 5.41) is 11.2. The summed E-state index contributed by atoms with van der Waals surface area (Å²) in [5.41, 5.74) is -1.97. The lowest BCUT2D eigenvalue weighted by molar-refractivity contribution is -0.230. The van der Waals surface area contributed by atoms with Crippen molar-refractivity contribution in [2.45, 2.75) is 70.1 Å². The summed E-state index contributed by atoms with van der Waals surface area (Å²) in [7, 11) is 0. The van der Waals surface area contributed by atoms with Crippen molar-refractivity contribution in [3.05, 3.63) is 48.6 Å². The zero-order valence-electron chi connectivity index (χ0n) is 15.5. The molecule has 1 N–H and O–H groups in total. The third-order valence-electron chi connectivity index (χ3n) is 5.45. The topological polar surface area (TPSA) is 55.8 Å². The van der Waals surface area contributed by atoms with Gasteiger partial charge in [0.1, 0.15) is 0 Å². The quantitative estimate of drug-likeness (QED) is 0.846. The number of hydrogen-bond acceptors (Lipinski definition) is 4. The van der Waals surface area contributed by atoms with Gasteiger partial charge in [-0.3, -0.25) is 4.79 Å². The predicted octanol–water partition coefficient (Wildman–Crippen LogP) is 3.73. The highest BCUT2D eigenvalue weighted by Gasteiger charge is 2.70. The Bertz CT molecular complexity index is 673. The van der Waals surface area contributed by atoms with Crippen molar-refractivity contribution in [1.29, 1.82) is 0 Å². The van der Waals surface area contributed by atoms with E-state index in [9.17, 15) is 9.90 Å². The van der Waals surface area contributed by atoms with E-state index in [-0.39, 0.29) is 18.3 Å². The molecular formula is C21H28O4. The molecule has 2 aliphatic rings. The first-order chi connectivity index (χ1) is 11.6. The van der Waals surface area contributed by atoms with E-state index in [1.807, 2.05) is 51.1 Å². The molecule has 1 saturated carbocycles. The van der Waals surface area contributed by atoms with Crippen molar-refractivity contribution >= 4 is 5.78 Å². The normalized spacial score (nSPS) is 37.7. The SMILES string of the molecule is C=CCC1(C(=O)C(C)(C)C)OC2CC[C@@](C)(O)[C@]2(c2ccccc2)O1. The summed E-state index contributed by atoms with van der Waals surface area (Å²) in [5.74, 6) is -1.54. The highest BCUT2D eigenvalue weighted by Crippen LogP contribution is 2.59. The minimum absolute atomic E-state index is 0.125. The highest BCUT2D eigenvalue weighted by atomic mass is 16.8. The standard InChI is InChI=1S/C21H28O4/c1-6-13-20(17(22)18(2,3)4)24-16-12-14-19(5,23)21(16,25-20)15-10-8-7-9-11-15/h6-11,16,23H,1,12-14H2,2-5H3/t16?,19-,20?,21-/m1/s1. The van der Waals surface area contributed by atoms with Crippen LogP contribution in [0.15, 0.2) is 43.0 Å². The van der Waals surface area contributed by atoms with Gasteiger partial charge in [-0.2, -0.15) is 0 Å². The molecule has 1 saturated heterocycles. The molecule has 2 fully saturated rings. The van der Waals surface area contributed by atoms with Crippen molar-refractivity contribution in [2.24, 2.45) is 5.41 Å². The summed E-state index contributed by atoms with van der Waals surface area (Å²) in [6.07, 6.45) is 2.72. The molecule has 4 heteroatoms. The number of aliphatic hydroxyl groups is 1. The van der Waals surface area contributed by atoms with Gasteiger partial charge >= 0.3 is 0 Å². The second-order valence-electron chi connectivity index (χ2n) is 8.45. The molecule has 1 heterocycles. The average molecular weight is 344 g/mol. The molecule has 0 amide bonds. The third kappa shape index (κ3) is 2.59. The van der Waals surface area contributed by atoms with Gasteiger partial charge in [0, 0.05) is 11.8 Å². The van der Waals surface area contributed by atoms with Crippen LogP contribution in [-0.2, 0) is 19.9 Å². The van der Waals surface area contributed by atoms with E-state index in [1.54, 1.807) is 13.0 Å². The number of Topliss-reactive ketones (excluding diaryl/α,β-unsaturated/α-hetero) is 1. The van der Waals surface area contributed by atoms with Crippen LogP contribution in [0.4, 0.5) is 0 Å². The third-order valence-corrected chi connectivity index (χ3v) is 5.45. The summed E-state index contributed by atoms with van der Waals surface area (Å²) in [4.78, 5) is 13.2. The molecule has 1 aromatic rings. The summed E-state index contributed by atoms with van der Waals surface area (Å²) < 4.78 is 12.8. The fourth-order valence-corrected chi connectivity index (χ4v) is 4.26. The lowest BCUT2D eigenvalue weighted by Gasteiger charge is -2.41. The first-order valence-corrected chi connectivity index (χ1v) is 8.91. The van der Waals surface area contributed by atoms with E-state index in [4.69, 9.17) is 9.47 Å². The summed E-state index contributed by atoms with van der Waals surface area (Å²) >= 11 is 0. The Morgan fingerprint density at radius 3 is 2.56 bits per heavy atom. The van der Waals surface area contributed by atoms with Gasteiger partial charge in [-0.25, -0.2) is 0 Å². The van der Waals surface area contributed by atoms with E-state index in [0.717, 1.165) is 5.56 Å². The van der Waals surface area contributed by atoms with E-state index in [1.165, 1.54) is 0 Å². The van der Waals surface area contributed by atoms with Crippen molar-refractivity contribution in [2.75, 3.05) is 0 Å². The van der Waals surface area contributed by atoms with Crippen molar-refractivity contribution in [1.82, 2.24) is 0 Å². The number of benzene rings is 1. The second-order valence-corrected chi connectivity index (χ2v) is 8.45. The Labute approximate surface area is 149 Å². The molecule has 3 rings (SSSR count). The molecule has 0 spiro atoms. The van der Waals surface area contributed by atoms with Crippen LogP contribution in [0.25, 0.3) is 0 Å². The Morgan fingerprint density at radius 2 is 2.00 bits per heavy atom. The van der Waals surface area contributed by atoms with Gasteiger partial charge < -0.3 is 14.6 Å². The van der Waals surface area contributed by atoms with E-state index in [0.29, 0.717) is 12.8 Å². The first kappa shape index (κ1) is 18.3. The molecule has 0 aromatic heterocycles. The van der Waals surface area contributed by atoms with Gasteiger partial charge in [0.05, 0.1) is 11.7 Å². The van der Waals surface area contributed by atoms with Gasteiger partial charge in [-0.05, 0) is 25.3 Å². The average Bonchev–Trinajstić information content (AvgIpc) is 3.01. The molecule has 1 aliphatic carbocycles. The van der Waals surface area contributed by atoms with Crippen LogP contribution in [0.5, 0.6) is 0 Å². The Morgan fingerprint density at radius 1 is 1.36 bits per heavy atom. The zero-order chi connectivity index (χ0) is 18.5. The van der Waals surface area contributed by atoms with Crippen LogP contribution in [-0.4, -0.2) is 28.4 Å². The highest BCUT2D eigenvalue weighted by molar-refractivity contribution is 5.91. The molecule has 4 nitrogen and oxygen atoms in total. The maximum absolute atomic E-state index is 13.2. The number of ketones is 1. The molecule has 0 bridgehead atoms. The summed E-state index contributed by atoms with van der Waals surface area (Å²) in [6, 6.07) is 9.62. The van der Waals surface area contributed by atoms with Gasteiger partial charge in [0.15, 0.2) is 11.4 Å². The first-order valence-electron chi connectivity index (χ1n) is 8.91. The van der Waals surface area contributed by atoms with E-state index in [2.05, 4.69) is 6.58 Å². The zero-order valence-corrected chi connectivity index (χ0v) is 15.5. The summed E-state index contributed by atoms with van der Waals surface area (Å²) in [6.45, 7) is 11.1. The smallest absolute Gasteiger partial charge is 0.234 e. The van der Waals surface area contributed by atoms with Gasteiger partial charge in [-0.15, -0.1) is 6.58 Å². The minimum atomic E-state index is -1.41. The van der Waals surface area contributed by atoms with Crippen LogP contribution in [0, 0.1) is 5.41 Å². The van der Waals surface area contributed by atoms with Crippen LogP contribution in [0.2, 0.25) is 0 Å². The number of rotatable bonds is 4. The second kappa shape index (κ2) is 5.76. The Kier molecular flexibility index (Phi) is 4.22. The van der Waals surface area contributed by atoms with Gasteiger partial charge in [-0.1, -0.05) is 57.2 Å². The predicted molar refractivity (Wildman–Crippen MR) is 95.9 cm³/mol. The van der Waals surface area contributed by atoms with E-state index < -0.39 is 22.4 Å². The largest absolute Gasteiger partial charge is 0.387 e. The molecule has 2 unspecified atom stereocenters. The lowest BCUT2D eigenvalue weighted by Crippen LogP contribution is -2.53. The van der Waals surface area contributed by atoms with E-state index >= 15 is 0 Å². The number of carbonyl (C=O) groups excluding carboxylic acids is 1. The molecule has 136 valence electrons. The number of carbonyl (C=O) groups is 1. The van der Waals surface area contributed by atoms with Crippen LogP contribution >= 0.6 is 0 Å². The molecule has 1 aliphatic heterocycles. The Hall–Kier alpha value is -1.49.